The maximum Gasteiger partial charge on any atom is 0.430 e. The molecular weight excluding hydrogens is 579 g/mol. The Kier molecular flexibility index (Phi) is 9.89. The van der Waals surface area contributed by atoms with Crippen molar-refractivity contribution in [1.29, 1.82) is 0 Å². The van der Waals surface area contributed by atoms with Crippen LogP contribution in [0.1, 0.15) is 17.0 Å². The highest BCUT2D eigenvalue weighted by atomic mass is 19.4. The SMILES string of the molecule is C=COCCOc1c(OCF)c(OCF)c(C2C(F)=C(F)C=C(F)C2(F)C(F)(F)F)c(C(F)(F)F)c1OCF. The van der Waals surface area contributed by atoms with Crippen molar-refractivity contribution in [3.8, 4) is 23.0 Å². The lowest BCUT2D eigenvalue weighted by Crippen LogP contribution is -2.49. The van der Waals surface area contributed by atoms with Gasteiger partial charge in [-0.2, -0.15) is 26.3 Å². The average molecular weight is 594 g/mol. The molecule has 0 saturated heterocycles. The van der Waals surface area contributed by atoms with E-state index in [-0.39, 0.29) is 0 Å². The lowest BCUT2D eigenvalue weighted by molar-refractivity contribution is -0.229. The number of benzene rings is 1. The first kappa shape index (κ1) is 31.7. The zero-order valence-electron chi connectivity index (χ0n) is 18.9. The quantitative estimate of drug-likeness (QED) is 0.142. The molecule has 0 spiro atoms. The summed E-state index contributed by atoms with van der Waals surface area (Å²) in [6.07, 6.45) is -12.8. The lowest BCUT2D eigenvalue weighted by atomic mass is 9.75. The molecule has 0 radical (unpaired) electrons. The molecule has 1 aliphatic carbocycles. The van der Waals surface area contributed by atoms with Crippen LogP contribution < -0.4 is 18.9 Å². The van der Waals surface area contributed by atoms with Crippen molar-refractivity contribution in [2.45, 2.75) is 23.9 Å². The summed E-state index contributed by atoms with van der Waals surface area (Å²) >= 11 is 0. The van der Waals surface area contributed by atoms with Crippen molar-refractivity contribution in [3.63, 3.8) is 0 Å². The maximum atomic E-state index is 15.4. The third-order valence-electron chi connectivity index (χ3n) is 4.99. The van der Waals surface area contributed by atoms with E-state index in [1.54, 1.807) is 0 Å². The summed E-state index contributed by atoms with van der Waals surface area (Å²) in [6, 6.07) is 0. The molecule has 0 heterocycles. The van der Waals surface area contributed by atoms with E-state index in [4.69, 9.17) is 4.74 Å². The molecule has 18 heteroatoms. The van der Waals surface area contributed by atoms with Crippen molar-refractivity contribution >= 4 is 0 Å². The number of halogens is 13. The molecule has 1 aliphatic rings. The Morgan fingerprint density at radius 2 is 1.31 bits per heavy atom. The monoisotopic (exact) mass is 594 g/mol. The van der Waals surface area contributed by atoms with Gasteiger partial charge in [0.1, 0.15) is 24.6 Å². The third-order valence-corrected chi connectivity index (χ3v) is 4.99. The predicted molar refractivity (Wildman–Crippen MR) is 104 cm³/mol. The number of ether oxygens (including phenoxy) is 5. The molecule has 0 amide bonds. The Labute approximate surface area is 210 Å². The summed E-state index contributed by atoms with van der Waals surface area (Å²) in [5, 5.41) is 0. The van der Waals surface area contributed by atoms with E-state index in [1.807, 2.05) is 0 Å². The fourth-order valence-electron chi connectivity index (χ4n) is 3.58. The van der Waals surface area contributed by atoms with E-state index in [0.717, 1.165) is 6.26 Å². The van der Waals surface area contributed by atoms with Crippen LogP contribution in [0.15, 0.2) is 36.4 Å². The van der Waals surface area contributed by atoms with Crippen molar-refractivity contribution in [3.05, 3.63) is 47.5 Å². The topological polar surface area (TPSA) is 46.2 Å². The van der Waals surface area contributed by atoms with Crippen LogP contribution in [0.5, 0.6) is 23.0 Å². The molecule has 1 aromatic rings. The van der Waals surface area contributed by atoms with Gasteiger partial charge in [0.15, 0.2) is 23.2 Å². The fourth-order valence-corrected chi connectivity index (χ4v) is 3.58. The van der Waals surface area contributed by atoms with Crippen LogP contribution in [-0.2, 0) is 10.9 Å². The van der Waals surface area contributed by atoms with Gasteiger partial charge in [-0.15, -0.1) is 0 Å². The van der Waals surface area contributed by atoms with Crippen LogP contribution in [0.3, 0.4) is 0 Å². The lowest BCUT2D eigenvalue weighted by Gasteiger charge is -2.38. The van der Waals surface area contributed by atoms with E-state index >= 15 is 4.39 Å². The van der Waals surface area contributed by atoms with Crippen LogP contribution >= 0.6 is 0 Å². The van der Waals surface area contributed by atoms with Crippen LogP contribution in [0, 0.1) is 0 Å². The van der Waals surface area contributed by atoms with Gasteiger partial charge in [0.2, 0.25) is 32.1 Å². The minimum Gasteiger partial charge on any atom is -0.498 e. The second-order valence-electron chi connectivity index (χ2n) is 7.08. The van der Waals surface area contributed by atoms with Crippen molar-refractivity contribution in [2.24, 2.45) is 0 Å². The van der Waals surface area contributed by atoms with E-state index in [2.05, 4.69) is 25.5 Å². The number of alkyl halides is 10. The van der Waals surface area contributed by atoms with Crippen LogP contribution in [0.25, 0.3) is 0 Å². The fraction of sp³-hybridized carbons (Fsp3) is 0.429. The molecule has 39 heavy (non-hydrogen) atoms. The van der Waals surface area contributed by atoms with Gasteiger partial charge in [-0.05, 0) is 0 Å². The molecule has 220 valence electrons. The number of hydrogen-bond acceptors (Lipinski definition) is 5. The van der Waals surface area contributed by atoms with Gasteiger partial charge in [0, 0.05) is 11.6 Å². The molecule has 0 aliphatic heterocycles. The summed E-state index contributed by atoms with van der Waals surface area (Å²) in [7, 11) is 0. The van der Waals surface area contributed by atoms with Crippen LogP contribution in [0.4, 0.5) is 57.1 Å². The maximum absolute atomic E-state index is 15.4. The summed E-state index contributed by atoms with van der Waals surface area (Å²) in [5.74, 6) is -20.2. The zero-order valence-corrected chi connectivity index (χ0v) is 18.9. The van der Waals surface area contributed by atoms with Gasteiger partial charge in [-0.3, -0.25) is 0 Å². The first-order chi connectivity index (χ1) is 18.1. The van der Waals surface area contributed by atoms with E-state index in [9.17, 15) is 52.7 Å². The zero-order chi connectivity index (χ0) is 29.8. The van der Waals surface area contributed by atoms with Gasteiger partial charge in [0.05, 0.1) is 12.2 Å². The number of allylic oxidation sites excluding steroid dienone is 4. The molecule has 0 bridgehead atoms. The Bertz CT molecular complexity index is 1110. The van der Waals surface area contributed by atoms with Gasteiger partial charge in [-0.25, -0.2) is 30.7 Å². The second kappa shape index (κ2) is 12.1. The van der Waals surface area contributed by atoms with E-state index < -0.39 is 115 Å². The highest BCUT2D eigenvalue weighted by Crippen LogP contribution is 2.64. The normalized spacial score (nSPS) is 19.9. The molecule has 0 N–H and O–H groups in total. The summed E-state index contributed by atoms with van der Waals surface area (Å²) in [5.41, 5.74) is -11.1. The van der Waals surface area contributed by atoms with Gasteiger partial charge in [-0.1, -0.05) is 6.58 Å². The molecule has 0 saturated carbocycles. The van der Waals surface area contributed by atoms with Gasteiger partial charge < -0.3 is 23.7 Å². The number of hydrogen-bond donors (Lipinski definition) is 0. The Morgan fingerprint density at radius 3 is 1.79 bits per heavy atom. The van der Waals surface area contributed by atoms with Crippen molar-refractivity contribution in [1.82, 2.24) is 0 Å². The van der Waals surface area contributed by atoms with E-state index in [1.165, 1.54) is 0 Å². The summed E-state index contributed by atoms with van der Waals surface area (Å²) < 4.78 is 205. The van der Waals surface area contributed by atoms with Crippen molar-refractivity contribution < 1.29 is 80.8 Å². The highest BCUT2D eigenvalue weighted by molar-refractivity contribution is 5.71. The summed E-state index contributed by atoms with van der Waals surface area (Å²) in [6.45, 7) is -4.84. The Balaban J connectivity index is 3.21. The average Bonchev–Trinajstić information content (AvgIpc) is 2.82. The second-order valence-corrected chi connectivity index (χ2v) is 7.08. The minimum absolute atomic E-state index is 0.543. The predicted octanol–water partition coefficient (Wildman–Crippen LogP) is 7.53. The smallest absolute Gasteiger partial charge is 0.430 e. The standard InChI is InChI=1S/C21H15F13O5/c1-2-35-3-4-36-18-16(38-7-23)13(20(29,30)31)11(15(37-6-22)17(18)39-8-24)12-14(27)9(25)5-10(26)19(12,28)21(32,33)34/h2,5,12H,1,3-4,6-8H2. The molecule has 2 rings (SSSR count). The molecule has 2 atom stereocenters. The first-order valence-electron chi connectivity index (χ1n) is 10.0. The Morgan fingerprint density at radius 1 is 0.795 bits per heavy atom. The molecule has 0 fully saturated rings. The first-order valence-corrected chi connectivity index (χ1v) is 10.0. The molecular formula is C21H15F13O5. The van der Waals surface area contributed by atoms with Crippen molar-refractivity contribution in [2.75, 3.05) is 33.8 Å². The summed E-state index contributed by atoms with van der Waals surface area (Å²) in [4.78, 5) is 0. The Hall–Kier alpha value is -3.47. The molecule has 5 nitrogen and oxygen atoms in total. The number of rotatable bonds is 12. The molecule has 1 aromatic carbocycles. The van der Waals surface area contributed by atoms with Gasteiger partial charge in [0.25, 0.3) is 5.67 Å². The van der Waals surface area contributed by atoms with Gasteiger partial charge >= 0.3 is 12.4 Å². The highest BCUT2D eigenvalue weighted by Gasteiger charge is 2.69. The largest absolute Gasteiger partial charge is 0.498 e. The third kappa shape index (κ3) is 5.93. The van der Waals surface area contributed by atoms with Crippen LogP contribution in [-0.4, -0.2) is 45.6 Å². The van der Waals surface area contributed by atoms with Crippen LogP contribution in [0.2, 0.25) is 0 Å². The van der Waals surface area contributed by atoms with E-state index in [0.29, 0.717) is 0 Å². The minimum atomic E-state index is -6.61. The molecule has 2 unspecified atom stereocenters. The molecule has 0 aromatic heterocycles.